The molecule has 1 fully saturated rings. The van der Waals surface area contributed by atoms with E-state index in [4.69, 9.17) is 14.5 Å². The standard InChI is InChI=1S/C26H34N4O3/c1-5-30(17-18(2)28-24(31)13-14-32-4)26-22(16-27)15-23(25(29-26)21-11-12-21)33-19(3)20-9-7-6-8-10-20/h6-10,15,18-19,21H,5,11-14,17H2,1-4H3,(H,28,31). The number of benzene rings is 1. The van der Waals surface area contributed by atoms with Crippen molar-refractivity contribution >= 4 is 11.7 Å². The van der Waals surface area contributed by atoms with E-state index in [0.717, 1.165) is 24.1 Å². The summed E-state index contributed by atoms with van der Waals surface area (Å²) in [7, 11) is 1.58. The van der Waals surface area contributed by atoms with E-state index in [9.17, 15) is 10.1 Å². The molecular weight excluding hydrogens is 416 g/mol. The average Bonchev–Trinajstić information content (AvgIpc) is 3.67. The van der Waals surface area contributed by atoms with Gasteiger partial charge in [-0.2, -0.15) is 5.26 Å². The van der Waals surface area contributed by atoms with E-state index in [2.05, 4.69) is 16.3 Å². The van der Waals surface area contributed by atoms with Crippen molar-refractivity contribution in [3.05, 3.63) is 53.2 Å². The highest BCUT2D eigenvalue weighted by molar-refractivity contribution is 5.76. The number of ether oxygens (including phenoxy) is 2. The number of carbonyl (C=O) groups excluding carboxylic acids is 1. The summed E-state index contributed by atoms with van der Waals surface area (Å²) in [4.78, 5) is 19.1. The van der Waals surface area contributed by atoms with Gasteiger partial charge in [0.2, 0.25) is 5.91 Å². The monoisotopic (exact) mass is 450 g/mol. The van der Waals surface area contributed by atoms with Crippen molar-refractivity contribution in [2.24, 2.45) is 0 Å². The minimum Gasteiger partial charge on any atom is -0.484 e. The first kappa shape index (κ1) is 24.5. The lowest BCUT2D eigenvalue weighted by Gasteiger charge is -2.28. The van der Waals surface area contributed by atoms with Crippen LogP contribution in [-0.4, -0.2) is 43.7 Å². The number of anilines is 1. The zero-order chi connectivity index (χ0) is 23.8. The Labute approximate surface area is 196 Å². The normalized spacial score (nSPS) is 14.8. The number of likely N-dealkylation sites (N-methyl/N-ethyl adjacent to an activating group) is 1. The third kappa shape index (κ3) is 6.69. The van der Waals surface area contributed by atoms with Crippen molar-refractivity contribution in [3.63, 3.8) is 0 Å². The lowest BCUT2D eigenvalue weighted by Crippen LogP contribution is -2.42. The van der Waals surface area contributed by atoms with Crippen molar-refractivity contribution in [2.45, 2.75) is 58.1 Å². The molecule has 2 aromatic rings. The summed E-state index contributed by atoms with van der Waals surface area (Å²) in [5.41, 5.74) is 2.48. The van der Waals surface area contributed by atoms with Gasteiger partial charge in [-0.3, -0.25) is 4.79 Å². The molecule has 7 heteroatoms. The summed E-state index contributed by atoms with van der Waals surface area (Å²) in [6.45, 7) is 7.62. The largest absolute Gasteiger partial charge is 0.484 e. The van der Waals surface area contributed by atoms with Crippen LogP contribution in [0.3, 0.4) is 0 Å². The minimum absolute atomic E-state index is 0.0498. The number of pyridine rings is 1. The predicted octanol–water partition coefficient (Wildman–Crippen LogP) is 4.34. The van der Waals surface area contributed by atoms with Gasteiger partial charge in [-0.25, -0.2) is 4.98 Å². The fourth-order valence-electron chi connectivity index (χ4n) is 3.83. The summed E-state index contributed by atoms with van der Waals surface area (Å²) >= 11 is 0. The molecule has 7 nitrogen and oxygen atoms in total. The van der Waals surface area contributed by atoms with Gasteiger partial charge < -0.3 is 19.7 Å². The third-order valence-electron chi connectivity index (χ3n) is 5.77. The molecule has 1 heterocycles. The van der Waals surface area contributed by atoms with Crippen molar-refractivity contribution < 1.29 is 14.3 Å². The van der Waals surface area contributed by atoms with Crippen molar-refractivity contribution in [3.8, 4) is 11.8 Å². The smallest absolute Gasteiger partial charge is 0.222 e. The van der Waals surface area contributed by atoms with Crippen molar-refractivity contribution in [2.75, 3.05) is 31.7 Å². The van der Waals surface area contributed by atoms with E-state index in [-0.39, 0.29) is 18.1 Å². The van der Waals surface area contributed by atoms with Crippen LogP contribution < -0.4 is 15.0 Å². The van der Waals surface area contributed by atoms with Gasteiger partial charge in [0.15, 0.2) is 0 Å². The Balaban J connectivity index is 1.82. The van der Waals surface area contributed by atoms with Crippen LogP contribution in [0.4, 0.5) is 5.82 Å². The molecule has 1 N–H and O–H groups in total. The quantitative estimate of drug-likeness (QED) is 0.518. The van der Waals surface area contributed by atoms with Gasteiger partial charge in [-0.15, -0.1) is 0 Å². The maximum absolute atomic E-state index is 12.1. The number of hydrogen-bond donors (Lipinski definition) is 1. The van der Waals surface area contributed by atoms with Crippen molar-refractivity contribution in [1.82, 2.24) is 10.3 Å². The van der Waals surface area contributed by atoms with Gasteiger partial charge in [0.25, 0.3) is 0 Å². The molecule has 1 saturated carbocycles. The summed E-state index contributed by atoms with van der Waals surface area (Å²) in [6.07, 6.45) is 2.33. The van der Waals surface area contributed by atoms with E-state index in [1.165, 1.54) is 0 Å². The molecular formula is C26H34N4O3. The molecule has 1 aliphatic carbocycles. The number of hydrogen-bond acceptors (Lipinski definition) is 6. The molecule has 0 saturated heterocycles. The van der Waals surface area contributed by atoms with Gasteiger partial charge in [0.05, 0.1) is 17.9 Å². The van der Waals surface area contributed by atoms with Gasteiger partial charge in [-0.05, 0) is 39.2 Å². The zero-order valence-electron chi connectivity index (χ0n) is 20.0. The van der Waals surface area contributed by atoms with Gasteiger partial charge in [-0.1, -0.05) is 30.3 Å². The first-order chi connectivity index (χ1) is 16.0. The number of methoxy groups -OCH3 is 1. The molecule has 0 radical (unpaired) electrons. The second kappa shape index (κ2) is 11.7. The second-order valence-electron chi connectivity index (χ2n) is 8.55. The first-order valence-corrected chi connectivity index (χ1v) is 11.7. The van der Waals surface area contributed by atoms with E-state index in [1.807, 2.05) is 57.2 Å². The lowest BCUT2D eigenvalue weighted by molar-refractivity contribution is -0.122. The van der Waals surface area contributed by atoms with E-state index in [1.54, 1.807) is 7.11 Å². The summed E-state index contributed by atoms with van der Waals surface area (Å²) in [6, 6.07) is 14.1. The van der Waals surface area contributed by atoms with Crippen LogP contribution in [-0.2, 0) is 9.53 Å². The Morgan fingerprint density at radius 1 is 1.30 bits per heavy atom. The number of amides is 1. The van der Waals surface area contributed by atoms with Crippen LogP contribution in [0.1, 0.15) is 68.9 Å². The second-order valence-corrected chi connectivity index (χ2v) is 8.55. The Morgan fingerprint density at radius 2 is 2.03 bits per heavy atom. The number of nitrogens with zero attached hydrogens (tertiary/aromatic N) is 3. The van der Waals surface area contributed by atoms with Crippen LogP contribution >= 0.6 is 0 Å². The van der Waals surface area contributed by atoms with Gasteiger partial charge in [0.1, 0.15) is 23.7 Å². The fraction of sp³-hybridized carbons (Fsp3) is 0.500. The highest BCUT2D eigenvalue weighted by Crippen LogP contribution is 2.45. The summed E-state index contributed by atoms with van der Waals surface area (Å²) < 4.78 is 11.3. The molecule has 2 atom stereocenters. The Bertz CT molecular complexity index is 969. The Hall–Kier alpha value is -3.11. The minimum atomic E-state index is -0.146. The number of rotatable bonds is 12. The van der Waals surface area contributed by atoms with E-state index >= 15 is 0 Å². The molecule has 1 aromatic carbocycles. The lowest BCUT2D eigenvalue weighted by atomic mass is 10.1. The van der Waals surface area contributed by atoms with Gasteiger partial charge >= 0.3 is 0 Å². The Kier molecular flexibility index (Phi) is 8.67. The zero-order valence-corrected chi connectivity index (χ0v) is 20.0. The van der Waals surface area contributed by atoms with Gasteiger partial charge in [0, 0.05) is 44.6 Å². The van der Waals surface area contributed by atoms with Crippen LogP contribution in [0.25, 0.3) is 0 Å². The molecule has 1 amide bonds. The molecule has 0 aliphatic heterocycles. The molecule has 176 valence electrons. The Morgan fingerprint density at radius 3 is 2.64 bits per heavy atom. The molecule has 0 bridgehead atoms. The summed E-state index contributed by atoms with van der Waals surface area (Å²) in [5.74, 6) is 1.65. The summed E-state index contributed by atoms with van der Waals surface area (Å²) in [5, 5.41) is 12.9. The molecule has 3 rings (SSSR count). The van der Waals surface area contributed by atoms with Crippen LogP contribution in [0.15, 0.2) is 36.4 Å². The average molecular weight is 451 g/mol. The van der Waals surface area contributed by atoms with E-state index in [0.29, 0.717) is 49.2 Å². The SMILES string of the molecule is CCN(CC(C)NC(=O)CCOC)c1nc(C2CC2)c(OC(C)c2ccccc2)cc1C#N. The maximum atomic E-state index is 12.1. The van der Waals surface area contributed by atoms with E-state index < -0.39 is 0 Å². The molecule has 33 heavy (non-hydrogen) atoms. The molecule has 2 unspecified atom stereocenters. The number of nitrogens with one attached hydrogen (secondary N) is 1. The topological polar surface area (TPSA) is 87.5 Å². The highest BCUT2D eigenvalue weighted by atomic mass is 16.5. The number of aromatic nitrogens is 1. The predicted molar refractivity (Wildman–Crippen MR) is 128 cm³/mol. The van der Waals surface area contributed by atoms with Crippen LogP contribution in [0.2, 0.25) is 0 Å². The molecule has 1 aliphatic rings. The highest BCUT2D eigenvalue weighted by Gasteiger charge is 2.31. The fourth-order valence-corrected chi connectivity index (χ4v) is 3.83. The number of nitriles is 1. The molecule has 0 spiro atoms. The van der Waals surface area contributed by atoms with Crippen LogP contribution in [0.5, 0.6) is 5.75 Å². The van der Waals surface area contributed by atoms with Crippen LogP contribution in [0, 0.1) is 11.3 Å². The van der Waals surface area contributed by atoms with Crippen molar-refractivity contribution in [1.29, 1.82) is 5.26 Å². The molecule has 1 aromatic heterocycles. The third-order valence-corrected chi connectivity index (χ3v) is 5.77. The number of carbonyl (C=O) groups is 1. The maximum Gasteiger partial charge on any atom is 0.222 e. The first-order valence-electron chi connectivity index (χ1n) is 11.7.